The predicted octanol–water partition coefficient (Wildman–Crippen LogP) is 7.56. The van der Waals surface area contributed by atoms with Crippen molar-refractivity contribution in [2.45, 2.75) is 162 Å². The van der Waals surface area contributed by atoms with Gasteiger partial charge in [0.25, 0.3) is 0 Å². The summed E-state index contributed by atoms with van der Waals surface area (Å²) < 4.78 is 2.22. The minimum absolute atomic E-state index is 1.03. The lowest BCUT2D eigenvalue weighted by Crippen LogP contribution is -2.40. The van der Waals surface area contributed by atoms with Gasteiger partial charge in [-0.3, -0.25) is 0 Å². The summed E-state index contributed by atoms with van der Waals surface area (Å²) in [6, 6.07) is 9.50. The molecule has 0 N–H and O–H groups in total. The normalized spacial score (nSPS) is 11.7. The number of carbonyl (C=O) groups is 2. The fourth-order valence-electron chi connectivity index (χ4n) is 6.15. The standard InChI is InChI=1S/C36H70N2.C3H4O4/c1-7-9-11-13-15-17-19-21-23-25-30-37(3,4)33-35-28-27-29-36(32-35)34-38(5,6)31-26-24-22-20-18-16-14-12-10-8-2;4-2(5)1-3(6)7/h27-29,32H,7-26,30-31,33-34H2,1-6H3;1H2,(H,4,5)(H,6,7)/q+2;/p-2. The minimum atomic E-state index is -1.63. The highest BCUT2D eigenvalue weighted by Gasteiger charge is 2.18. The summed E-state index contributed by atoms with van der Waals surface area (Å²) in [5.74, 6) is -3.25. The predicted molar refractivity (Wildman–Crippen MR) is 186 cm³/mol. The molecule has 6 nitrogen and oxygen atoms in total. The topological polar surface area (TPSA) is 80.3 Å². The van der Waals surface area contributed by atoms with Gasteiger partial charge in [0.15, 0.2) is 0 Å². The molecule has 0 radical (unpaired) electrons. The maximum Gasteiger partial charge on any atom is 0.104 e. The molecule has 0 aliphatic heterocycles. The molecule has 0 aliphatic rings. The number of hydrogen-bond acceptors (Lipinski definition) is 4. The fraction of sp³-hybridized carbons (Fsp3) is 0.795. The third-order valence-corrected chi connectivity index (χ3v) is 8.74. The number of carboxylic acids is 2. The Morgan fingerprint density at radius 1 is 0.511 bits per heavy atom. The van der Waals surface area contributed by atoms with E-state index in [1.807, 2.05) is 0 Å². The lowest BCUT2D eigenvalue weighted by molar-refractivity contribution is -0.904. The molecular formula is C39H72N2O4. The lowest BCUT2D eigenvalue weighted by Gasteiger charge is -2.31. The van der Waals surface area contributed by atoms with E-state index in [0.29, 0.717) is 0 Å². The summed E-state index contributed by atoms with van der Waals surface area (Å²) >= 11 is 0. The van der Waals surface area contributed by atoms with Gasteiger partial charge in [-0.15, -0.1) is 0 Å². The number of carboxylic acid groups (broad SMARTS) is 2. The molecule has 1 aromatic carbocycles. The zero-order valence-corrected chi connectivity index (χ0v) is 30.5. The van der Waals surface area contributed by atoms with E-state index in [1.165, 1.54) is 153 Å². The first-order chi connectivity index (χ1) is 21.4. The molecule has 0 aliphatic carbocycles. The van der Waals surface area contributed by atoms with Crippen molar-refractivity contribution in [3.05, 3.63) is 35.4 Å². The molecule has 262 valence electrons. The molecule has 0 saturated carbocycles. The molecule has 0 amide bonds. The molecule has 45 heavy (non-hydrogen) atoms. The third kappa shape index (κ3) is 29.2. The number of rotatable bonds is 28. The van der Waals surface area contributed by atoms with Crippen LogP contribution in [-0.2, 0) is 22.7 Å². The van der Waals surface area contributed by atoms with Crippen LogP contribution in [0.4, 0.5) is 0 Å². The summed E-state index contributed by atoms with van der Waals surface area (Å²) in [7, 11) is 9.69. The second kappa shape index (κ2) is 27.2. The first-order valence-corrected chi connectivity index (χ1v) is 18.5. The second-order valence-electron chi connectivity index (χ2n) is 14.7. The molecule has 0 bridgehead atoms. The number of hydrogen-bond donors (Lipinski definition) is 0. The first kappa shape index (κ1) is 43.1. The maximum atomic E-state index is 9.28. The van der Waals surface area contributed by atoms with Gasteiger partial charge in [0.2, 0.25) is 0 Å². The van der Waals surface area contributed by atoms with Gasteiger partial charge in [-0.2, -0.15) is 0 Å². The summed E-state index contributed by atoms with van der Waals surface area (Å²) in [6.07, 6.45) is 27.4. The Labute approximate surface area is 278 Å². The van der Waals surface area contributed by atoms with E-state index in [-0.39, 0.29) is 0 Å². The molecule has 1 rings (SSSR count). The van der Waals surface area contributed by atoms with Gasteiger partial charge < -0.3 is 28.8 Å². The highest BCUT2D eigenvalue weighted by Crippen LogP contribution is 2.18. The van der Waals surface area contributed by atoms with E-state index in [0.717, 1.165) is 22.1 Å². The van der Waals surface area contributed by atoms with Crippen molar-refractivity contribution in [2.24, 2.45) is 0 Å². The van der Waals surface area contributed by atoms with Crippen LogP contribution in [0.3, 0.4) is 0 Å². The summed E-state index contributed by atoms with van der Waals surface area (Å²) in [5, 5.41) is 18.6. The van der Waals surface area contributed by atoms with Gasteiger partial charge in [-0.25, -0.2) is 0 Å². The Morgan fingerprint density at radius 3 is 1.07 bits per heavy atom. The highest BCUT2D eigenvalue weighted by atomic mass is 16.4. The average molecular weight is 633 g/mol. The van der Waals surface area contributed by atoms with Crippen LogP contribution in [-0.4, -0.2) is 62.2 Å². The smallest absolute Gasteiger partial charge is 0.104 e. The molecule has 0 saturated heterocycles. The highest BCUT2D eigenvalue weighted by molar-refractivity contribution is 5.86. The number of aliphatic carboxylic acids is 2. The monoisotopic (exact) mass is 633 g/mol. The van der Waals surface area contributed by atoms with Crippen molar-refractivity contribution in [3.63, 3.8) is 0 Å². The van der Waals surface area contributed by atoms with Crippen molar-refractivity contribution in [3.8, 4) is 0 Å². The van der Waals surface area contributed by atoms with Crippen molar-refractivity contribution in [1.82, 2.24) is 0 Å². The zero-order valence-electron chi connectivity index (χ0n) is 30.5. The van der Waals surface area contributed by atoms with Crippen LogP contribution in [0.2, 0.25) is 0 Å². The number of unbranched alkanes of at least 4 members (excludes halogenated alkanes) is 18. The quantitative estimate of drug-likeness (QED) is 0.0543. The van der Waals surface area contributed by atoms with Gasteiger partial charge in [0.05, 0.1) is 41.3 Å². The molecule has 6 heteroatoms. The Morgan fingerprint density at radius 2 is 0.800 bits per heavy atom. The Bertz CT molecular complexity index is 803. The van der Waals surface area contributed by atoms with Gasteiger partial charge in [0, 0.05) is 29.5 Å². The number of carbonyl (C=O) groups excluding carboxylic acids is 2. The fourth-order valence-corrected chi connectivity index (χ4v) is 6.15. The van der Waals surface area contributed by atoms with E-state index in [2.05, 4.69) is 66.3 Å². The summed E-state index contributed by atoms with van der Waals surface area (Å²) in [5.41, 5.74) is 3.03. The van der Waals surface area contributed by atoms with Crippen LogP contribution in [0.1, 0.15) is 160 Å². The molecule has 0 aromatic heterocycles. The van der Waals surface area contributed by atoms with E-state index < -0.39 is 18.4 Å². The molecule has 0 heterocycles. The van der Waals surface area contributed by atoms with Crippen molar-refractivity contribution in [2.75, 3.05) is 41.3 Å². The van der Waals surface area contributed by atoms with Crippen molar-refractivity contribution in [1.29, 1.82) is 0 Å². The Balaban J connectivity index is 0.00000246. The van der Waals surface area contributed by atoms with Crippen LogP contribution in [0, 0.1) is 0 Å². The summed E-state index contributed by atoms with van der Waals surface area (Å²) in [6.45, 7) is 9.49. The number of quaternary nitrogens is 2. The molecule has 0 fully saturated rings. The van der Waals surface area contributed by atoms with Crippen molar-refractivity contribution >= 4 is 11.9 Å². The van der Waals surface area contributed by atoms with E-state index in [1.54, 1.807) is 0 Å². The van der Waals surface area contributed by atoms with Gasteiger partial charge >= 0.3 is 0 Å². The van der Waals surface area contributed by atoms with Crippen LogP contribution in [0.25, 0.3) is 0 Å². The Hall–Kier alpha value is -1.92. The number of benzene rings is 1. The third-order valence-electron chi connectivity index (χ3n) is 8.74. The molecule has 0 atom stereocenters. The second-order valence-corrected chi connectivity index (χ2v) is 14.7. The largest absolute Gasteiger partial charge is 0.550 e. The molecule has 0 spiro atoms. The summed E-state index contributed by atoms with van der Waals surface area (Å²) in [4.78, 5) is 18.6. The van der Waals surface area contributed by atoms with E-state index in [4.69, 9.17) is 0 Å². The molecule has 1 aromatic rings. The van der Waals surface area contributed by atoms with Gasteiger partial charge in [-0.1, -0.05) is 135 Å². The lowest BCUT2D eigenvalue weighted by atomic mass is 10.1. The first-order valence-electron chi connectivity index (χ1n) is 18.5. The zero-order chi connectivity index (χ0) is 33.8. The molecule has 0 unspecified atom stereocenters. The SMILES string of the molecule is CCCCCCCCCCCC[N+](C)(C)Cc1cccc(C[N+](C)(C)CCCCCCCCCCCC)c1.O=C([O-])CC(=O)[O-]. The minimum Gasteiger partial charge on any atom is -0.550 e. The number of nitrogens with zero attached hydrogens (tertiary/aromatic N) is 2. The van der Waals surface area contributed by atoms with Crippen LogP contribution in [0.5, 0.6) is 0 Å². The maximum absolute atomic E-state index is 9.28. The van der Waals surface area contributed by atoms with Crippen LogP contribution >= 0.6 is 0 Å². The van der Waals surface area contributed by atoms with E-state index >= 15 is 0 Å². The molecular weight excluding hydrogens is 560 g/mol. The Kier molecular flexibility index (Phi) is 26.1. The van der Waals surface area contributed by atoms with Crippen LogP contribution in [0.15, 0.2) is 24.3 Å². The van der Waals surface area contributed by atoms with Crippen molar-refractivity contribution < 1.29 is 28.8 Å². The van der Waals surface area contributed by atoms with Gasteiger partial charge in [0.1, 0.15) is 13.1 Å². The van der Waals surface area contributed by atoms with Crippen LogP contribution < -0.4 is 10.2 Å². The average Bonchev–Trinajstić information content (AvgIpc) is 2.94. The van der Waals surface area contributed by atoms with E-state index in [9.17, 15) is 19.8 Å². The van der Waals surface area contributed by atoms with Gasteiger partial charge in [-0.05, 0) is 31.7 Å².